The van der Waals surface area contributed by atoms with Gasteiger partial charge in [-0.3, -0.25) is 4.79 Å². The summed E-state index contributed by atoms with van der Waals surface area (Å²) in [7, 11) is 0. The van der Waals surface area contributed by atoms with E-state index >= 15 is 0 Å². The third-order valence-electron chi connectivity index (χ3n) is 3.85. The number of imidazole rings is 1. The van der Waals surface area contributed by atoms with Crippen molar-refractivity contribution in [3.05, 3.63) is 18.2 Å². The Morgan fingerprint density at radius 1 is 1.47 bits per heavy atom. The fourth-order valence-electron chi connectivity index (χ4n) is 2.75. The fraction of sp³-hybridized carbons (Fsp3) is 0.714. The number of nitrogens with zero attached hydrogens (tertiary/aromatic N) is 3. The number of hydrogen-bond donors (Lipinski definition) is 1. The number of carboxylic acids is 1. The lowest BCUT2D eigenvalue weighted by atomic mass is 9.95. The Balaban J connectivity index is 1.89. The summed E-state index contributed by atoms with van der Waals surface area (Å²) in [6, 6.07) is 0.447. The van der Waals surface area contributed by atoms with E-state index < -0.39 is 5.97 Å². The summed E-state index contributed by atoms with van der Waals surface area (Å²) in [6.45, 7) is 6.97. The summed E-state index contributed by atoms with van der Waals surface area (Å²) < 4.78 is 2.25. The molecule has 1 saturated heterocycles. The van der Waals surface area contributed by atoms with E-state index in [1.807, 2.05) is 6.20 Å². The number of hydrogen-bond acceptors (Lipinski definition) is 3. The Kier molecular flexibility index (Phi) is 4.58. The van der Waals surface area contributed by atoms with Crippen LogP contribution in [0, 0.1) is 0 Å². The van der Waals surface area contributed by atoms with Crippen LogP contribution < -0.4 is 0 Å². The van der Waals surface area contributed by atoms with Gasteiger partial charge in [0.1, 0.15) is 5.82 Å². The molecule has 1 aromatic rings. The van der Waals surface area contributed by atoms with Crippen molar-refractivity contribution >= 4 is 5.97 Å². The number of aromatic nitrogens is 2. The minimum Gasteiger partial charge on any atom is -0.481 e. The molecule has 1 N–H and O–H groups in total. The Labute approximate surface area is 114 Å². The van der Waals surface area contributed by atoms with Crippen molar-refractivity contribution in [1.82, 2.24) is 14.5 Å². The van der Waals surface area contributed by atoms with Gasteiger partial charge in [-0.1, -0.05) is 0 Å². The number of rotatable bonds is 5. The van der Waals surface area contributed by atoms with Gasteiger partial charge >= 0.3 is 5.97 Å². The van der Waals surface area contributed by atoms with Crippen LogP contribution in [0.2, 0.25) is 0 Å². The summed E-state index contributed by atoms with van der Waals surface area (Å²) in [6.07, 6.45) is 6.32. The van der Waals surface area contributed by atoms with Gasteiger partial charge in [0.25, 0.3) is 0 Å². The first-order chi connectivity index (χ1) is 9.08. The van der Waals surface area contributed by atoms with Gasteiger partial charge in [0.15, 0.2) is 0 Å². The quantitative estimate of drug-likeness (QED) is 0.886. The molecule has 1 fully saturated rings. The molecule has 0 bridgehead atoms. The Hall–Kier alpha value is -1.36. The number of carboxylic acid groups (broad SMARTS) is 1. The Bertz CT molecular complexity index is 420. The van der Waals surface area contributed by atoms with Crippen LogP contribution in [-0.2, 0) is 4.79 Å². The van der Waals surface area contributed by atoms with Gasteiger partial charge in [0, 0.05) is 30.9 Å². The molecule has 0 spiro atoms. The van der Waals surface area contributed by atoms with E-state index in [0.29, 0.717) is 18.5 Å². The summed E-state index contributed by atoms with van der Waals surface area (Å²) in [5.74, 6) is 0.990. The van der Waals surface area contributed by atoms with Crippen molar-refractivity contribution in [2.75, 3.05) is 19.6 Å². The van der Waals surface area contributed by atoms with Crippen molar-refractivity contribution in [3.8, 4) is 0 Å². The normalized spacial score (nSPS) is 18.1. The third-order valence-corrected chi connectivity index (χ3v) is 3.85. The molecule has 5 nitrogen and oxygen atoms in total. The first-order valence-electron chi connectivity index (χ1n) is 7.04. The minimum atomic E-state index is -0.711. The summed E-state index contributed by atoms with van der Waals surface area (Å²) >= 11 is 0. The first-order valence-corrected chi connectivity index (χ1v) is 7.04. The van der Waals surface area contributed by atoms with Gasteiger partial charge < -0.3 is 14.6 Å². The second-order valence-corrected chi connectivity index (χ2v) is 5.55. The van der Waals surface area contributed by atoms with Crippen LogP contribution >= 0.6 is 0 Å². The molecule has 0 aliphatic carbocycles. The van der Waals surface area contributed by atoms with Crippen molar-refractivity contribution in [1.29, 1.82) is 0 Å². The number of aliphatic carboxylic acids is 1. The molecule has 5 heteroatoms. The maximum atomic E-state index is 10.6. The maximum absolute atomic E-state index is 10.6. The monoisotopic (exact) mass is 265 g/mol. The highest BCUT2D eigenvalue weighted by molar-refractivity contribution is 5.66. The number of piperidine rings is 1. The van der Waals surface area contributed by atoms with Crippen molar-refractivity contribution in [3.63, 3.8) is 0 Å². The molecule has 2 heterocycles. The molecule has 0 aromatic carbocycles. The highest BCUT2D eigenvalue weighted by Gasteiger charge is 2.24. The largest absolute Gasteiger partial charge is 0.481 e. The van der Waals surface area contributed by atoms with Gasteiger partial charge in [-0.05, 0) is 39.8 Å². The second kappa shape index (κ2) is 6.19. The molecule has 106 valence electrons. The molecule has 0 saturated carbocycles. The zero-order valence-corrected chi connectivity index (χ0v) is 11.7. The highest BCUT2D eigenvalue weighted by Crippen LogP contribution is 2.28. The van der Waals surface area contributed by atoms with Crippen molar-refractivity contribution < 1.29 is 9.90 Å². The SMILES string of the molecule is CC(C)n1ccnc1C1CCN(CCC(=O)O)CC1. The zero-order valence-electron chi connectivity index (χ0n) is 11.7. The van der Waals surface area contributed by atoms with E-state index in [0.717, 1.165) is 25.9 Å². The molecule has 0 radical (unpaired) electrons. The fourth-order valence-corrected chi connectivity index (χ4v) is 2.75. The molecular weight excluding hydrogens is 242 g/mol. The van der Waals surface area contributed by atoms with Crippen LogP contribution in [0.25, 0.3) is 0 Å². The Morgan fingerprint density at radius 2 is 2.16 bits per heavy atom. The Morgan fingerprint density at radius 3 is 2.74 bits per heavy atom. The molecule has 1 aliphatic heterocycles. The predicted molar refractivity (Wildman–Crippen MR) is 73.3 cm³/mol. The lowest BCUT2D eigenvalue weighted by molar-refractivity contribution is -0.137. The van der Waals surface area contributed by atoms with Crippen LogP contribution in [0.15, 0.2) is 12.4 Å². The van der Waals surface area contributed by atoms with Crippen molar-refractivity contribution in [2.24, 2.45) is 0 Å². The summed E-state index contributed by atoms with van der Waals surface area (Å²) in [5, 5.41) is 8.70. The van der Waals surface area contributed by atoms with Crippen LogP contribution in [0.4, 0.5) is 0 Å². The van der Waals surface area contributed by atoms with Gasteiger partial charge in [-0.2, -0.15) is 0 Å². The van der Waals surface area contributed by atoms with E-state index in [9.17, 15) is 4.79 Å². The van der Waals surface area contributed by atoms with Crippen LogP contribution in [-0.4, -0.2) is 45.2 Å². The van der Waals surface area contributed by atoms with E-state index in [1.54, 1.807) is 0 Å². The predicted octanol–water partition coefficient (Wildman–Crippen LogP) is 2.12. The van der Waals surface area contributed by atoms with Gasteiger partial charge in [-0.25, -0.2) is 4.98 Å². The minimum absolute atomic E-state index is 0.241. The van der Waals surface area contributed by atoms with Crippen LogP contribution in [0.3, 0.4) is 0 Å². The lowest BCUT2D eigenvalue weighted by Gasteiger charge is -2.31. The molecule has 1 aromatic heterocycles. The molecule has 2 rings (SSSR count). The standard InChI is InChI=1S/C14H23N3O2/c1-11(2)17-10-6-15-14(17)12-3-7-16(8-4-12)9-5-13(18)19/h6,10-12H,3-5,7-9H2,1-2H3,(H,18,19). The summed E-state index contributed by atoms with van der Waals surface area (Å²) in [5.41, 5.74) is 0. The lowest BCUT2D eigenvalue weighted by Crippen LogP contribution is -2.35. The molecule has 0 amide bonds. The van der Waals surface area contributed by atoms with E-state index in [4.69, 9.17) is 5.11 Å². The first kappa shape index (κ1) is 14.1. The second-order valence-electron chi connectivity index (χ2n) is 5.55. The van der Waals surface area contributed by atoms with Crippen LogP contribution in [0.1, 0.15) is 50.9 Å². The number of likely N-dealkylation sites (tertiary alicyclic amines) is 1. The molecular formula is C14H23N3O2. The van der Waals surface area contributed by atoms with E-state index in [1.165, 1.54) is 5.82 Å². The average molecular weight is 265 g/mol. The molecule has 0 unspecified atom stereocenters. The summed E-state index contributed by atoms with van der Waals surface area (Å²) in [4.78, 5) is 17.3. The average Bonchev–Trinajstić information content (AvgIpc) is 2.86. The topological polar surface area (TPSA) is 58.4 Å². The molecule has 1 aliphatic rings. The molecule has 19 heavy (non-hydrogen) atoms. The van der Waals surface area contributed by atoms with E-state index in [2.05, 4.69) is 34.5 Å². The van der Waals surface area contributed by atoms with Crippen molar-refractivity contribution in [2.45, 2.75) is 45.1 Å². The van der Waals surface area contributed by atoms with Gasteiger partial charge in [0.05, 0.1) is 6.42 Å². The smallest absolute Gasteiger partial charge is 0.304 e. The highest BCUT2D eigenvalue weighted by atomic mass is 16.4. The maximum Gasteiger partial charge on any atom is 0.304 e. The van der Waals surface area contributed by atoms with E-state index in [-0.39, 0.29) is 6.42 Å². The van der Waals surface area contributed by atoms with Crippen LogP contribution in [0.5, 0.6) is 0 Å². The third kappa shape index (κ3) is 3.56. The number of carbonyl (C=O) groups is 1. The molecule has 0 atom stereocenters. The van der Waals surface area contributed by atoms with Gasteiger partial charge in [0.2, 0.25) is 0 Å². The zero-order chi connectivity index (χ0) is 13.8. The van der Waals surface area contributed by atoms with Gasteiger partial charge in [-0.15, -0.1) is 0 Å².